The lowest BCUT2D eigenvalue weighted by Crippen LogP contribution is -2.17. The Hall–Kier alpha value is -3.93. The zero-order valence-electron chi connectivity index (χ0n) is 19.7. The number of carbonyl (C=O) groups is 1. The molecule has 0 radical (unpaired) electrons. The molecule has 2 N–H and O–H groups in total. The van der Waals surface area contributed by atoms with E-state index in [1.807, 2.05) is 65.8 Å². The number of nitro groups is 1. The molecular formula is C27H28N2O4. The highest BCUT2D eigenvalue weighted by Gasteiger charge is 2.24. The Labute approximate surface area is 193 Å². The molecule has 0 saturated heterocycles. The molecule has 3 rings (SSSR count). The van der Waals surface area contributed by atoms with E-state index in [1.54, 1.807) is 0 Å². The van der Waals surface area contributed by atoms with Gasteiger partial charge in [0.15, 0.2) is 0 Å². The maximum Gasteiger partial charge on any atom is 0.269 e. The summed E-state index contributed by atoms with van der Waals surface area (Å²) in [5.74, 6) is -0.588. The Morgan fingerprint density at radius 1 is 0.788 bits per heavy atom. The van der Waals surface area contributed by atoms with Crippen molar-refractivity contribution in [2.75, 3.05) is 5.32 Å². The van der Waals surface area contributed by atoms with Crippen molar-refractivity contribution >= 4 is 28.6 Å². The van der Waals surface area contributed by atoms with Gasteiger partial charge in [-0.05, 0) is 81.5 Å². The number of rotatable bonds is 5. The molecule has 0 spiro atoms. The SMILES string of the molecule is Cc1cc(C)c(/C(O)=C(/C(=O)Nc2ccc([N+](=O)[O-])cc2)c2c(C)cc(C)cc2C)c(C)c1. The molecular weight excluding hydrogens is 416 g/mol. The molecule has 0 fully saturated rings. The molecule has 33 heavy (non-hydrogen) atoms. The lowest BCUT2D eigenvalue weighted by atomic mass is 9.88. The molecule has 0 atom stereocenters. The van der Waals surface area contributed by atoms with E-state index in [2.05, 4.69) is 5.32 Å². The lowest BCUT2D eigenvalue weighted by molar-refractivity contribution is -0.384. The average molecular weight is 445 g/mol. The van der Waals surface area contributed by atoms with Crippen LogP contribution in [-0.2, 0) is 4.79 Å². The molecule has 0 bridgehead atoms. The summed E-state index contributed by atoms with van der Waals surface area (Å²) < 4.78 is 0. The Kier molecular flexibility index (Phi) is 6.68. The molecule has 170 valence electrons. The number of carbonyl (C=O) groups excluding carboxylic acids is 1. The molecule has 6 heteroatoms. The molecule has 0 unspecified atom stereocenters. The number of hydrogen-bond acceptors (Lipinski definition) is 4. The summed E-state index contributed by atoms with van der Waals surface area (Å²) in [4.78, 5) is 24.0. The normalized spacial score (nSPS) is 11.7. The molecule has 0 aliphatic carbocycles. The smallest absolute Gasteiger partial charge is 0.269 e. The number of amides is 1. The van der Waals surface area contributed by atoms with Crippen LogP contribution in [0.25, 0.3) is 11.3 Å². The van der Waals surface area contributed by atoms with Gasteiger partial charge in [-0.25, -0.2) is 0 Å². The number of benzene rings is 3. The van der Waals surface area contributed by atoms with Gasteiger partial charge in [0.2, 0.25) is 0 Å². The van der Waals surface area contributed by atoms with Gasteiger partial charge in [-0.3, -0.25) is 14.9 Å². The van der Waals surface area contributed by atoms with Crippen molar-refractivity contribution in [2.24, 2.45) is 0 Å². The van der Waals surface area contributed by atoms with Crippen LogP contribution in [0.2, 0.25) is 0 Å². The fraction of sp³-hybridized carbons (Fsp3) is 0.222. The zero-order chi connectivity index (χ0) is 24.4. The van der Waals surface area contributed by atoms with Crippen LogP contribution in [-0.4, -0.2) is 15.9 Å². The van der Waals surface area contributed by atoms with Crippen molar-refractivity contribution < 1.29 is 14.8 Å². The summed E-state index contributed by atoms with van der Waals surface area (Å²) >= 11 is 0. The van der Waals surface area contributed by atoms with Crippen molar-refractivity contribution in [3.05, 3.63) is 103 Å². The van der Waals surface area contributed by atoms with E-state index in [1.165, 1.54) is 24.3 Å². The highest BCUT2D eigenvalue weighted by molar-refractivity contribution is 6.31. The van der Waals surface area contributed by atoms with Crippen LogP contribution in [0.5, 0.6) is 0 Å². The Morgan fingerprint density at radius 2 is 1.21 bits per heavy atom. The van der Waals surface area contributed by atoms with Gasteiger partial charge in [0.05, 0.1) is 10.5 Å². The predicted octanol–water partition coefficient (Wildman–Crippen LogP) is 6.51. The maximum absolute atomic E-state index is 13.6. The monoisotopic (exact) mass is 444 g/mol. The standard InChI is InChI=1S/C27H28N2O4/c1-15-11-17(3)23(18(4)12-15)25(26(30)24-19(5)13-16(2)14-20(24)6)27(31)28-21-7-9-22(10-8-21)29(32)33/h7-14,30H,1-6H3,(H,28,31)/b26-25-. The largest absolute Gasteiger partial charge is 0.506 e. The molecule has 0 aromatic heterocycles. The second-order valence-corrected chi connectivity index (χ2v) is 8.53. The van der Waals surface area contributed by atoms with Crippen molar-refractivity contribution in [2.45, 2.75) is 41.5 Å². The first kappa shape index (κ1) is 23.7. The van der Waals surface area contributed by atoms with Crippen LogP contribution in [0.4, 0.5) is 11.4 Å². The van der Waals surface area contributed by atoms with E-state index in [-0.39, 0.29) is 17.0 Å². The minimum absolute atomic E-state index is 0.0669. The van der Waals surface area contributed by atoms with E-state index in [4.69, 9.17) is 0 Å². The first-order chi connectivity index (χ1) is 15.5. The predicted molar refractivity (Wildman–Crippen MR) is 132 cm³/mol. The van der Waals surface area contributed by atoms with Crippen molar-refractivity contribution in [3.8, 4) is 0 Å². The van der Waals surface area contributed by atoms with Crippen molar-refractivity contribution in [3.63, 3.8) is 0 Å². The number of aliphatic hydroxyl groups is 1. The van der Waals surface area contributed by atoms with Crippen LogP contribution in [0.3, 0.4) is 0 Å². The van der Waals surface area contributed by atoms with Crippen molar-refractivity contribution in [1.29, 1.82) is 0 Å². The first-order valence-electron chi connectivity index (χ1n) is 10.6. The number of hydrogen-bond donors (Lipinski definition) is 2. The summed E-state index contributed by atoms with van der Waals surface area (Å²) in [6.45, 7) is 11.6. The topological polar surface area (TPSA) is 92.5 Å². The van der Waals surface area contributed by atoms with Gasteiger partial charge in [-0.2, -0.15) is 0 Å². The average Bonchev–Trinajstić information content (AvgIpc) is 2.69. The van der Waals surface area contributed by atoms with Gasteiger partial charge >= 0.3 is 0 Å². The lowest BCUT2D eigenvalue weighted by Gasteiger charge is -2.19. The highest BCUT2D eigenvalue weighted by Crippen LogP contribution is 2.34. The third kappa shape index (κ3) is 4.95. The second-order valence-electron chi connectivity index (χ2n) is 8.53. The van der Waals surface area contributed by atoms with Crippen LogP contribution in [0.1, 0.15) is 44.5 Å². The maximum atomic E-state index is 13.6. The number of aliphatic hydroxyl groups excluding tert-OH is 1. The van der Waals surface area contributed by atoms with E-state index in [9.17, 15) is 20.0 Å². The van der Waals surface area contributed by atoms with Gasteiger partial charge < -0.3 is 10.4 Å². The molecule has 0 saturated carbocycles. The molecule has 0 aliphatic rings. The summed E-state index contributed by atoms with van der Waals surface area (Å²) in [6, 6.07) is 13.5. The number of aryl methyl sites for hydroxylation is 6. The number of nitrogens with zero attached hydrogens (tertiary/aromatic N) is 1. The van der Waals surface area contributed by atoms with Crippen molar-refractivity contribution in [1.82, 2.24) is 0 Å². The van der Waals surface area contributed by atoms with E-state index >= 15 is 0 Å². The van der Waals surface area contributed by atoms with Gasteiger partial charge in [0, 0.05) is 23.4 Å². The highest BCUT2D eigenvalue weighted by atomic mass is 16.6. The summed E-state index contributed by atoms with van der Waals surface area (Å²) in [6.07, 6.45) is 0. The fourth-order valence-corrected chi connectivity index (χ4v) is 4.45. The van der Waals surface area contributed by atoms with Gasteiger partial charge in [-0.15, -0.1) is 0 Å². The van der Waals surface area contributed by atoms with Gasteiger partial charge in [0.1, 0.15) is 5.76 Å². The molecule has 6 nitrogen and oxygen atoms in total. The molecule has 1 amide bonds. The fourth-order valence-electron chi connectivity index (χ4n) is 4.45. The molecule has 0 aliphatic heterocycles. The molecule has 3 aromatic carbocycles. The number of nitro benzene ring substituents is 1. The number of nitrogens with one attached hydrogen (secondary N) is 1. The van der Waals surface area contributed by atoms with E-state index in [0.717, 1.165) is 33.4 Å². The quantitative estimate of drug-likeness (QED) is 0.154. The van der Waals surface area contributed by atoms with Crippen LogP contribution >= 0.6 is 0 Å². The third-order valence-corrected chi connectivity index (χ3v) is 5.64. The Bertz CT molecular complexity index is 1240. The third-order valence-electron chi connectivity index (χ3n) is 5.64. The minimum atomic E-state index is -0.495. The van der Waals surface area contributed by atoms with E-state index in [0.29, 0.717) is 16.8 Å². The Balaban J connectivity index is 2.21. The minimum Gasteiger partial charge on any atom is -0.506 e. The second kappa shape index (κ2) is 9.28. The Morgan fingerprint density at radius 3 is 1.64 bits per heavy atom. The summed E-state index contributed by atoms with van der Waals surface area (Å²) in [5.41, 5.74) is 7.39. The van der Waals surface area contributed by atoms with Gasteiger partial charge in [0.25, 0.3) is 11.6 Å². The summed E-state index contributed by atoms with van der Waals surface area (Å²) in [5, 5.41) is 25.2. The number of anilines is 1. The molecule has 3 aromatic rings. The van der Waals surface area contributed by atoms with Gasteiger partial charge in [-0.1, -0.05) is 35.4 Å². The number of non-ortho nitro benzene ring substituents is 1. The van der Waals surface area contributed by atoms with Crippen LogP contribution in [0.15, 0.2) is 48.5 Å². The van der Waals surface area contributed by atoms with Crippen LogP contribution < -0.4 is 5.32 Å². The van der Waals surface area contributed by atoms with E-state index < -0.39 is 10.8 Å². The van der Waals surface area contributed by atoms with Crippen LogP contribution in [0, 0.1) is 51.7 Å². The summed E-state index contributed by atoms with van der Waals surface area (Å²) in [7, 11) is 0. The molecule has 0 heterocycles. The zero-order valence-corrected chi connectivity index (χ0v) is 19.7. The first-order valence-corrected chi connectivity index (χ1v) is 10.6.